The highest BCUT2D eigenvalue weighted by atomic mass is 127. The molecule has 1 fully saturated rings. The van der Waals surface area contributed by atoms with Gasteiger partial charge in [-0.1, -0.05) is 0 Å². The number of amides is 3. The summed E-state index contributed by atoms with van der Waals surface area (Å²) in [7, 11) is 0. The third-order valence-electron chi connectivity index (χ3n) is 5.72. The minimum Gasteiger partial charge on any atom is -0.491 e. The number of urea groups is 1. The van der Waals surface area contributed by atoms with E-state index in [1.54, 1.807) is 18.2 Å². The Morgan fingerprint density at radius 2 is 2.11 bits per heavy atom. The van der Waals surface area contributed by atoms with Gasteiger partial charge in [-0.25, -0.2) is 14.8 Å². The summed E-state index contributed by atoms with van der Waals surface area (Å²) in [4.78, 5) is 37.7. The van der Waals surface area contributed by atoms with Gasteiger partial charge in [-0.2, -0.15) is 13.2 Å². The zero-order valence-electron chi connectivity index (χ0n) is 19.0. The van der Waals surface area contributed by atoms with E-state index < -0.39 is 24.2 Å². The van der Waals surface area contributed by atoms with E-state index in [1.165, 1.54) is 17.2 Å². The number of carbonyl (C=O) groups excluding carboxylic acids is 2. The van der Waals surface area contributed by atoms with Crippen LogP contribution in [0.1, 0.15) is 23.8 Å². The van der Waals surface area contributed by atoms with E-state index in [0.29, 0.717) is 50.6 Å². The zero-order chi connectivity index (χ0) is 25.9. The molecule has 2 aliphatic heterocycles. The second-order valence-electron chi connectivity index (χ2n) is 8.12. The zero-order valence-corrected chi connectivity index (χ0v) is 22.2. The maximum Gasteiger partial charge on any atom is 0.408 e. The van der Waals surface area contributed by atoms with E-state index in [0.717, 1.165) is 6.92 Å². The predicted octanol–water partition coefficient (Wildman–Crippen LogP) is 4.13. The standard InChI is InChI=1S/C21H23F3IN6O4P/c1-12(21(22,23)24)27-19(32)15-2-3-16-18(28-15)31(13-5-7-30(16)11-13)20(33)29-17-10-14(4-6-26-17)34-8-9-35-36-25/h2-4,6,10,12-13,36H,5,7-9,11H2,1H3,(H,27,32)(H,26,29,33)/t12-,13+/m1/s1. The number of pyridine rings is 2. The molecular formula is C21H23F3IN6O4P. The van der Waals surface area contributed by atoms with Crippen molar-refractivity contribution < 1.29 is 32.0 Å². The molecule has 2 aliphatic rings. The maximum absolute atomic E-state index is 13.3. The number of alkyl halides is 3. The van der Waals surface area contributed by atoms with Gasteiger partial charge >= 0.3 is 12.2 Å². The molecule has 10 nitrogen and oxygen atoms in total. The van der Waals surface area contributed by atoms with Crippen LogP contribution in [0.4, 0.5) is 35.3 Å². The van der Waals surface area contributed by atoms with Crippen molar-refractivity contribution in [3.8, 4) is 5.75 Å². The van der Waals surface area contributed by atoms with Crippen molar-refractivity contribution in [2.24, 2.45) is 0 Å². The van der Waals surface area contributed by atoms with Crippen LogP contribution in [0, 0.1) is 0 Å². The predicted molar refractivity (Wildman–Crippen MR) is 137 cm³/mol. The molecule has 2 aromatic rings. The summed E-state index contributed by atoms with van der Waals surface area (Å²) in [6, 6.07) is 3.40. The molecule has 4 rings (SSSR count). The smallest absolute Gasteiger partial charge is 0.408 e. The Labute approximate surface area is 219 Å². The largest absolute Gasteiger partial charge is 0.491 e. The average Bonchev–Trinajstić information content (AvgIpc) is 3.25. The first-order chi connectivity index (χ1) is 17.2. The molecule has 0 saturated carbocycles. The minimum absolute atomic E-state index is 0.206. The molecule has 0 aliphatic carbocycles. The number of carbonyl (C=O) groups is 2. The van der Waals surface area contributed by atoms with Gasteiger partial charge in [-0.3, -0.25) is 15.0 Å². The van der Waals surface area contributed by atoms with E-state index in [4.69, 9.17) is 9.26 Å². The Morgan fingerprint density at radius 1 is 1.31 bits per heavy atom. The quantitative estimate of drug-likeness (QED) is 0.255. The monoisotopic (exact) mass is 638 g/mol. The van der Waals surface area contributed by atoms with Gasteiger partial charge in [-0.15, -0.1) is 0 Å². The minimum atomic E-state index is -4.59. The molecule has 3 atom stereocenters. The molecule has 3 amide bonds. The van der Waals surface area contributed by atoms with Crippen molar-refractivity contribution >= 4 is 57.8 Å². The van der Waals surface area contributed by atoms with Gasteiger partial charge in [0, 0.05) is 25.4 Å². The van der Waals surface area contributed by atoms with Gasteiger partial charge < -0.3 is 19.5 Å². The number of fused-ring (bicyclic) bond motifs is 4. The van der Waals surface area contributed by atoms with Crippen LogP contribution in [-0.2, 0) is 4.52 Å². The van der Waals surface area contributed by atoms with E-state index in [-0.39, 0.29) is 23.4 Å². The summed E-state index contributed by atoms with van der Waals surface area (Å²) in [5.74, 6) is -0.0149. The van der Waals surface area contributed by atoms with Crippen molar-refractivity contribution in [3.63, 3.8) is 0 Å². The number of nitrogens with one attached hydrogen (secondary N) is 2. The lowest BCUT2D eigenvalue weighted by atomic mass is 10.1. The van der Waals surface area contributed by atoms with Crippen LogP contribution < -0.4 is 25.2 Å². The highest BCUT2D eigenvalue weighted by Gasteiger charge is 2.41. The molecule has 0 spiro atoms. The second-order valence-corrected chi connectivity index (χ2v) is 9.88. The van der Waals surface area contributed by atoms with Crippen LogP contribution in [0.2, 0.25) is 0 Å². The molecule has 15 heteroatoms. The van der Waals surface area contributed by atoms with E-state index in [1.807, 2.05) is 10.2 Å². The molecule has 1 unspecified atom stereocenters. The Morgan fingerprint density at radius 3 is 2.86 bits per heavy atom. The summed E-state index contributed by atoms with van der Waals surface area (Å²) in [6.07, 6.45) is -2.42. The fourth-order valence-electron chi connectivity index (χ4n) is 3.93. The fourth-order valence-corrected chi connectivity index (χ4v) is 4.75. The average molecular weight is 638 g/mol. The molecule has 1 saturated heterocycles. The van der Waals surface area contributed by atoms with Crippen LogP contribution in [0.15, 0.2) is 30.5 Å². The van der Waals surface area contributed by atoms with Gasteiger partial charge in [0.2, 0.25) is 0 Å². The van der Waals surface area contributed by atoms with Gasteiger partial charge in [0.25, 0.3) is 5.91 Å². The summed E-state index contributed by atoms with van der Waals surface area (Å²) in [6.45, 7) is 3.21. The molecule has 194 valence electrons. The van der Waals surface area contributed by atoms with E-state index in [2.05, 4.69) is 37.3 Å². The topological polar surface area (TPSA) is 109 Å². The number of halogens is 4. The molecule has 2 aromatic heterocycles. The Bertz CT molecular complexity index is 1130. The lowest BCUT2D eigenvalue weighted by Crippen LogP contribution is -2.49. The van der Waals surface area contributed by atoms with Crippen LogP contribution in [-0.4, -0.2) is 66.5 Å². The SMILES string of the molecule is C[C@@H](NC(=O)c1ccc2c(n1)N(C(=O)Nc1cc(OCCOPI)ccn1)[C@H]1CCN2C1)C(F)(F)F. The van der Waals surface area contributed by atoms with E-state index >= 15 is 0 Å². The van der Waals surface area contributed by atoms with Gasteiger partial charge in [0.15, 0.2) is 5.82 Å². The van der Waals surface area contributed by atoms with Crippen LogP contribution in [0.5, 0.6) is 5.75 Å². The first-order valence-corrected chi connectivity index (χ1v) is 15.0. The molecule has 2 bridgehead atoms. The van der Waals surface area contributed by atoms with Crippen molar-refractivity contribution in [2.45, 2.75) is 31.6 Å². The number of anilines is 3. The number of nitrogens with zero attached hydrogens (tertiary/aromatic N) is 4. The summed E-state index contributed by atoms with van der Waals surface area (Å²) in [5.41, 5.74) is 0.411. The number of hydrogen-bond donors (Lipinski definition) is 2. The lowest BCUT2D eigenvalue weighted by molar-refractivity contribution is -0.149. The summed E-state index contributed by atoms with van der Waals surface area (Å²) in [5, 5.41) is 4.64. The normalized spacial score (nSPS) is 17.8. The van der Waals surface area contributed by atoms with Crippen LogP contribution >= 0.6 is 28.5 Å². The molecule has 4 heterocycles. The van der Waals surface area contributed by atoms with Crippen LogP contribution in [0.25, 0.3) is 0 Å². The van der Waals surface area contributed by atoms with Crippen molar-refractivity contribution in [2.75, 3.05) is 41.4 Å². The van der Waals surface area contributed by atoms with Crippen LogP contribution in [0.3, 0.4) is 0 Å². The summed E-state index contributed by atoms with van der Waals surface area (Å²) >= 11 is 2.12. The van der Waals surface area contributed by atoms with Gasteiger partial charge in [0.05, 0.1) is 24.8 Å². The molecular weight excluding hydrogens is 615 g/mol. The lowest BCUT2D eigenvalue weighted by Gasteiger charge is -2.35. The molecule has 0 aromatic carbocycles. The number of hydrogen-bond acceptors (Lipinski definition) is 7. The van der Waals surface area contributed by atoms with Crippen molar-refractivity contribution in [1.29, 1.82) is 0 Å². The highest BCUT2D eigenvalue weighted by Crippen LogP contribution is 2.39. The number of rotatable bonds is 8. The maximum atomic E-state index is 13.3. The van der Waals surface area contributed by atoms with Gasteiger partial charge in [-0.05, 0) is 53.6 Å². The number of aromatic nitrogens is 2. The molecule has 36 heavy (non-hydrogen) atoms. The third-order valence-corrected chi connectivity index (χ3v) is 6.96. The van der Waals surface area contributed by atoms with E-state index in [9.17, 15) is 22.8 Å². The first-order valence-electron chi connectivity index (χ1n) is 11.0. The Hall–Kier alpha value is -2.45. The Kier molecular flexibility index (Phi) is 8.35. The first kappa shape index (κ1) is 26.6. The van der Waals surface area contributed by atoms with Crippen molar-refractivity contribution in [1.82, 2.24) is 15.3 Å². The Balaban J connectivity index is 1.53. The van der Waals surface area contributed by atoms with Crippen molar-refractivity contribution in [3.05, 3.63) is 36.2 Å². The second kappa shape index (κ2) is 11.3. The highest BCUT2D eigenvalue weighted by molar-refractivity contribution is 14.2. The molecule has 2 N–H and O–H groups in total. The third kappa shape index (κ3) is 6.09. The fraction of sp³-hybridized carbons (Fsp3) is 0.429. The van der Waals surface area contributed by atoms with Gasteiger partial charge in [0.1, 0.15) is 29.9 Å². The summed E-state index contributed by atoms with van der Waals surface area (Å²) < 4.78 is 49.5. The number of ether oxygens (including phenoxy) is 1. The molecule has 0 radical (unpaired) electrons.